The summed E-state index contributed by atoms with van der Waals surface area (Å²) in [6.45, 7) is 1.95. The van der Waals surface area contributed by atoms with Crippen molar-refractivity contribution in [1.82, 2.24) is 20.2 Å². The summed E-state index contributed by atoms with van der Waals surface area (Å²) in [5, 5.41) is 23.3. The molecule has 0 bridgehead atoms. The standard InChI is InChI=1S/C12H17N7O/c1-9(8-11(13)15-20)18(2)12-14-16-17-19(12)10-6-4-3-5-7-10/h3-7,9,20H,8H2,1-2H3,(H2,13,15). The molecular weight excluding hydrogens is 258 g/mol. The lowest BCUT2D eigenvalue weighted by Crippen LogP contribution is -2.35. The van der Waals surface area contributed by atoms with Gasteiger partial charge in [-0.05, 0) is 29.5 Å². The Hall–Kier alpha value is -2.64. The number of rotatable bonds is 5. The van der Waals surface area contributed by atoms with Gasteiger partial charge < -0.3 is 15.8 Å². The third-order valence-corrected chi connectivity index (χ3v) is 3.06. The largest absolute Gasteiger partial charge is 0.409 e. The summed E-state index contributed by atoms with van der Waals surface area (Å²) < 4.78 is 1.64. The molecule has 0 aliphatic carbocycles. The second-order valence-electron chi connectivity index (χ2n) is 4.48. The molecule has 0 spiro atoms. The quantitative estimate of drug-likeness (QED) is 0.359. The maximum absolute atomic E-state index is 8.63. The van der Waals surface area contributed by atoms with Crippen molar-refractivity contribution in [1.29, 1.82) is 0 Å². The van der Waals surface area contributed by atoms with Crippen molar-refractivity contribution < 1.29 is 5.21 Å². The Kier molecular flexibility index (Phi) is 4.14. The second-order valence-corrected chi connectivity index (χ2v) is 4.48. The number of benzene rings is 1. The molecule has 1 heterocycles. The van der Waals surface area contributed by atoms with E-state index >= 15 is 0 Å². The van der Waals surface area contributed by atoms with Crippen LogP contribution in [0.25, 0.3) is 5.69 Å². The maximum atomic E-state index is 8.63. The molecule has 0 aliphatic rings. The zero-order valence-corrected chi connectivity index (χ0v) is 11.4. The number of hydrogen-bond acceptors (Lipinski definition) is 6. The summed E-state index contributed by atoms with van der Waals surface area (Å²) in [5.41, 5.74) is 6.40. The Balaban J connectivity index is 2.24. The molecule has 1 atom stereocenters. The van der Waals surface area contributed by atoms with Gasteiger partial charge in [0.2, 0.25) is 5.95 Å². The highest BCUT2D eigenvalue weighted by Crippen LogP contribution is 2.16. The van der Waals surface area contributed by atoms with Crippen LogP contribution in [0.4, 0.5) is 5.95 Å². The van der Waals surface area contributed by atoms with E-state index in [1.165, 1.54) is 0 Å². The van der Waals surface area contributed by atoms with Crippen LogP contribution in [0.1, 0.15) is 13.3 Å². The minimum Gasteiger partial charge on any atom is -0.409 e. The third kappa shape index (κ3) is 2.85. The number of amidine groups is 1. The average molecular weight is 275 g/mol. The zero-order chi connectivity index (χ0) is 14.5. The normalized spacial score (nSPS) is 13.2. The van der Waals surface area contributed by atoms with E-state index in [0.29, 0.717) is 12.4 Å². The summed E-state index contributed by atoms with van der Waals surface area (Å²) in [5.74, 6) is 0.762. The van der Waals surface area contributed by atoms with E-state index in [1.807, 2.05) is 49.2 Å². The monoisotopic (exact) mass is 275 g/mol. The van der Waals surface area contributed by atoms with Crippen LogP contribution in [-0.2, 0) is 0 Å². The van der Waals surface area contributed by atoms with Crippen molar-refractivity contribution in [3.63, 3.8) is 0 Å². The van der Waals surface area contributed by atoms with Gasteiger partial charge in [-0.25, -0.2) is 0 Å². The lowest BCUT2D eigenvalue weighted by atomic mass is 10.2. The molecule has 1 aromatic carbocycles. The number of anilines is 1. The molecule has 0 saturated carbocycles. The van der Waals surface area contributed by atoms with Crippen molar-refractivity contribution in [3.05, 3.63) is 30.3 Å². The van der Waals surface area contributed by atoms with Gasteiger partial charge in [0.15, 0.2) is 0 Å². The number of para-hydroxylation sites is 1. The van der Waals surface area contributed by atoms with Gasteiger partial charge in [-0.15, -0.1) is 0 Å². The Morgan fingerprint density at radius 1 is 1.45 bits per heavy atom. The predicted octanol–water partition coefficient (Wildman–Crippen LogP) is 0.623. The minimum atomic E-state index is -0.0145. The highest BCUT2D eigenvalue weighted by atomic mass is 16.4. The smallest absolute Gasteiger partial charge is 0.250 e. The van der Waals surface area contributed by atoms with Crippen LogP contribution >= 0.6 is 0 Å². The van der Waals surface area contributed by atoms with Gasteiger partial charge in [0.1, 0.15) is 5.84 Å². The fraction of sp³-hybridized carbons (Fsp3) is 0.333. The van der Waals surface area contributed by atoms with Crippen LogP contribution in [0.15, 0.2) is 35.5 Å². The molecular formula is C12H17N7O. The van der Waals surface area contributed by atoms with Crippen LogP contribution < -0.4 is 10.6 Å². The fourth-order valence-electron chi connectivity index (χ4n) is 1.82. The van der Waals surface area contributed by atoms with Gasteiger partial charge in [-0.2, -0.15) is 4.68 Å². The molecule has 1 aromatic heterocycles. The number of tetrazole rings is 1. The van der Waals surface area contributed by atoms with Crippen LogP contribution in [0.2, 0.25) is 0 Å². The van der Waals surface area contributed by atoms with E-state index in [9.17, 15) is 0 Å². The summed E-state index contributed by atoms with van der Waals surface area (Å²) in [7, 11) is 1.86. The molecule has 0 aliphatic heterocycles. The van der Waals surface area contributed by atoms with Crippen molar-refractivity contribution in [2.75, 3.05) is 11.9 Å². The first-order valence-corrected chi connectivity index (χ1v) is 6.16. The molecule has 0 fully saturated rings. The molecule has 20 heavy (non-hydrogen) atoms. The van der Waals surface area contributed by atoms with Crippen molar-refractivity contribution in [2.45, 2.75) is 19.4 Å². The van der Waals surface area contributed by atoms with E-state index in [2.05, 4.69) is 20.7 Å². The van der Waals surface area contributed by atoms with Crippen LogP contribution in [0, 0.1) is 0 Å². The Morgan fingerprint density at radius 2 is 2.15 bits per heavy atom. The Labute approximate surface area is 116 Å². The van der Waals surface area contributed by atoms with Gasteiger partial charge in [0.25, 0.3) is 0 Å². The summed E-state index contributed by atoms with van der Waals surface area (Å²) in [4.78, 5) is 1.88. The zero-order valence-electron chi connectivity index (χ0n) is 11.4. The third-order valence-electron chi connectivity index (χ3n) is 3.06. The molecule has 0 amide bonds. The topological polar surface area (TPSA) is 105 Å². The van der Waals surface area contributed by atoms with Gasteiger partial charge >= 0.3 is 0 Å². The number of oxime groups is 1. The second kappa shape index (κ2) is 6.00. The first-order valence-electron chi connectivity index (χ1n) is 6.16. The molecule has 3 N–H and O–H groups in total. The Bertz CT molecular complexity index is 581. The van der Waals surface area contributed by atoms with E-state index < -0.39 is 0 Å². The van der Waals surface area contributed by atoms with E-state index in [4.69, 9.17) is 10.9 Å². The summed E-state index contributed by atoms with van der Waals surface area (Å²) >= 11 is 0. The SMILES string of the molecule is CC(CC(N)=NO)N(C)c1nnnn1-c1ccccc1. The van der Waals surface area contributed by atoms with Gasteiger partial charge in [0.05, 0.1) is 5.69 Å². The maximum Gasteiger partial charge on any atom is 0.250 e. The lowest BCUT2D eigenvalue weighted by molar-refractivity contribution is 0.316. The predicted molar refractivity (Wildman–Crippen MR) is 75.0 cm³/mol. The van der Waals surface area contributed by atoms with E-state index in [0.717, 1.165) is 5.69 Å². The highest BCUT2D eigenvalue weighted by molar-refractivity contribution is 5.80. The summed E-state index contributed by atoms with van der Waals surface area (Å²) in [6, 6.07) is 9.59. The number of hydrogen-bond donors (Lipinski definition) is 2. The number of nitrogens with two attached hydrogens (primary N) is 1. The highest BCUT2D eigenvalue weighted by Gasteiger charge is 2.18. The van der Waals surface area contributed by atoms with Crippen molar-refractivity contribution in [3.8, 4) is 5.69 Å². The lowest BCUT2D eigenvalue weighted by Gasteiger charge is -2.24. The van der Waals surface area contributed by atoms with Gasteiger partial charge in [-0.1, -0.05) is 28.5 Å². The van der Waals surface area contributed by atoms with Crippen LogP contribution in [0.5, 0.6) is 0 Å². The van der Waals surface area contributed by atoms with Gasteiger partial charge in [0, 0.05) is 19.5 Å². The molecule has 8 nitrogen and oxygen atoms in total. The van der Waals surface area contributed by atoms with E-state index in [-0.39, 0.29) is 11.9 Å². The first-order chi connectivity index (χ1) is 9.63. The molecule has 0 saturated heterocycles. The molecule has 2 rings (SSSR count). The van der Waals surface area contributed by atoms with Crippen LogP contribution in [-0.4, -0.2) is 44.3 Å². The van der Waals surface area contributed by atoms with E-state index in [1.54, 1.807) is 4.68 Å². The first kappa shape index (κ1) is 13.8. The van der Waals surface area contributed by atoms with Crippen molar-refractivity contribution >= 4 is 11.8 Å². The summed E-state index contributed by atoms with van der Waals surface area (Å²) in [6.07, 6.45) is 0.411. The fourth-order valence-corrected chi connectivity index (χ4v) is 1.82. The number of aromatic nitrogens is 4. The van der Waals surface area contributed by atoms with Gasteiger partial charge in [-0.3, -0.25) is 0 Å². The van der Waals surface area contributed by atoms with Crippen molar-refractivity contribution in [2.24, 2.45) is 10.9 Å². The van der Waals surface area contributed by atoms with Crippen LogP contribution in [0.3, 0.4) is 0 Å². The molecule has 106 valence electrons. The molecule has 8 heteroatoms. The molecule has 0 radical (unpaired) electrons. The number of nitrogens with zero attached hydrogens (tertiary/aromatic N) is 6. The average Bonchev–Trinajstić information content (AvgIpc) is 2.96. The molecule has 2 aromatic rings. The Morgan fingerprint density at radius 3 is 2.80 bits per heavy atom. The molecule has 1 unspecified atom stereocenters. The minimum absolute atomic E-state index is 0.0145.